The van der Waals surface area contributed by atoms with Crippen LogP contribution in [0.25, 0.3) is 5.52 Å². The van der Waals surface area contributed by atoms with Gasteiger partial charge < -0.3 is 10.2 Å². The van der Waals surface area contributed by atoms with Crippen LogP contribution in [-0.2, 0) is 0 Å². The first-order chi connectivity index (χ1) is 9.43. The van der Waals surface area contributed by atoms with Gasteiger partial charge in [0.2, 0.25) is 0 Å². The normalized spacial score (nSPS) is 27.5. The Hall–Kier alpha value is -1.62. The van der Waals surface area contributed by atoms with E-state index < -0.39 is 0 Å². The van der Waals surface area contributed by atoms with Gasteiger partial charge >= 0.3 is 0 Å². The molecule has 1 N–H and O–H groups in total. The summed E-state index contributed by atoms with van der Waals surface area (Å²) in [6.45, 7) is 2.28. The molecule has 0 saturated carbocycles. The van der Waals surface area contributed by atoms with Gasteiger partial charge in [0.25, 0.3) is 0 Å². The van der Waals surface area contributed by atoms with E-state index in [0.717, 1.165) is 17.9 Å². The Balaban J connectivity index is 1.72. The molecule has 2 atom stereocenters. The summed E-state index contributed by atoms with van der Waals surface area (Å²) < 4.78 is 1.92. The van der Waals surface area contributed by atoms with Gasteiger partial charge in [-0.2, -0.15) is 5.10 Å². The number of nitrogens with one attached hydrogen (secondary N) is 1. The molecule has 5 heteroatoms. The molecule has 19 heavy (non-hydrogen) atoms. The van der Waals surface area contributed by atoms with Crippen molar-refractivity contribution in [2.75, 3.05) is 18.0 Å². The molecule has 5 nitrogen and oxygen atoms in total. The van der Waals surface area contributed by atoms with E-state index in [9.17, 15) is 0 Å². The summed E-state index contributed by atoms with van der Waals surface area (Å²) in [5.41, 5.74) is 1.12. The highest BCUT2D eigenvalue weighted by Gasteiger charge is 2.34. The quantitative estimate of drug-likeness (QED) is 0.884. The number of hydrogen-bond donors (Lipinski definition) is 1. The third-order valence-corrected chi connectivity index (χ3v) is 4.44. The molecule has 100 valence electrons. The van der Waals surface area contributed by atoms with Gasteiger partial charge in [0.1, 0.15) is 5.52 Å². The average molecular weight is 257 g/mol. The molecule has 0 radical (unpaired) electrons. The van der Waals surface area contributed by atoms with E-state index in [1.165, 1.54) is 32.2 Å². The van der Waals surface area contributed by atoms with E-state index >= 15 is 0 Å². The Morgan fingerprint density at radius 2 is 2.21 bits per heavy atom. The van der Waals surface area contributed by atoms with Crippen molar-refractivity contribution in [1.29, 1.82) is 0 Å². The number of hydrogen-bond acceptors (Lipinski definition) is 4. The van der Waals surface area contributed by atoms with Crippen molar-refractivity contribution in [3.63, 3.8) is 0 Å². The van der Waals surface area contributed by atoms with Crippen molar-refractivity contribution in [2.24, 2.45) is 0 Å². The molecule has 4 rings (SSSR count). The molecule has 2 aromatic heterocycles. The number of fused-ring (bicyclic) bond motifs is 1. The van der Waals surface area contributed by atoms with Gasteiger partial charge in [0, 0.05) is 31.0 Å². The van der Waals surface area contributed by atoms with Gasteiger partial charge in [-0.25, -0.2) is 9.50 Å². The highest BCUT2D eigenvalue weighted by atomic mass is 15.3. The van der Waals surface area contributed by atoms with Crippen LogP contribution >= 0.6 is 0 Å². The van der Waals surface area contributed by atoms with Crippen LogP contribution < -0.4 is 10.2 Å². The molecule has 2 aliphatic rings. The van der Waals surface area contributed by atoms with E-state index in [0.29, 0.717) is 12.1 Å². The standard InChI is InChI=1S/C14H19N5/c1-3-11(15-6-1)12-4-2-9-18(12)14-13-5-7-17-19(13)10-8-16-14/h5,7-8,10-12,15H,1-4,6,9H2. The van der Waals surface area contributed by atoms with Crippen LogP contribution in [0, 0.1) is 0 Å². The monoisotopic (exact) mass is 257 g/mol. The third kappa shape index (κ3) is 1.80. The Kier molecular flexibility index (Phi) is 2.65. The lowest BCUT2D eigenvalue weighted by Gasteiger charge is -2.30. The summed E-state index contributed by atoms with van der Waals surface area (Å²) in [5, 5.41) is 7.96. The van der Waals surface area contributed by atoms with Gasteiger partial charge in [-0.05, 0) is 38.3 Å². The molecule has 4 heterocycles. The summed E-state index contributed by atoms with van der Waals surface area (Å²) in [7, 11) is 0. The van der Waals surface area contributed by atoms with E-state index in [-0.39, 0.29) is 0 Å². The number of anilines is 1. The zero-order valence-corrected chi connectivity index (χ0v) is 11.0. The molecule has 0 aromatic carbocycles. The lowest BCUT2D eigenvalue weighted by molar-refractivity contribution is 0.481. The number of aromatic nitrogens is 3. The van der Waals surface area contributed by atoms with E-state index in [4.69, 9.17) is 0 Å². The van der Waals surface area contributed by atoms with Crippen molar-refractivity contribution >= 4 is 11.3 Å². The fraction of sp³-hybridized carbons (Fsp3) is 0.571. The lowest BCUT2D eigenvalue weighted by atomic mass is 10.0. The fourth-order valence-corrected chi connectivity index (χ4v) is 3.58. The maximum atomic E-state index is 4.62. The largest absolute Gasteiger partial charge is 0.350 e. The van der Waals surface area contributed by atoms with Crippen LogP contribution in [0.5, 0.6) is 0 Å². The van der Waals surface area contributed by atoms with Crippen molar-refractivity contribution in [2.45, 2.75) is 37.8 Å². The highest BCUT2D eigenvalue weighted by molar-refractivity contribution is 5.69. The van der Waals surface area contributed by atoms with Crippen LogP contribution in [0.1, 0.15) is 25.7 Å². The summed E-state index contributed by atoms with van der Waals surface area (Å²) in [6.07, 6.45) is 10.8. The molecule has 2 aromatic rings. The number of rotatable bonds is 2. The molecule has 2 fully saturated rings. The average Bonchev–Trinajstić information content (AvgIpc) is 3.18. The first-order valence-electron chi connectivity index (χ1n) is 7.22. The number of nitrogens with zero attached hydrogens (tertiary/aromatic N) is 4. The zero-order valence-electron chi connectivity index (χ0n) is 11.0. The van der Waals surface area contributed by atoms with Crippen LogP contribution in [-0.4, -0.2) is 39.8 Å². The summed E-state index contributed by atoms with van der Waals surface area (Å²) in [4.78, 5) is 7.11. The fourth-order valence-electron chi connectivity index (χ4n) is 3.58. The Morgan fingerprint density at radius 3 is 3.11 bits per heavy atom. The maximum absolute atomic E-state index is 4.62. The lowest BCUT2D eigenvalue weighted by Crippen LogP contribution is -2.44. The van der Waals surface area contributed by atoms with Crippen LogP contribution in [0.3, 0.4) is 0 Å². The van der Waals surface area contributed by atoms with Gasteiger partial charge in [0.15, 0.2) is 5.82 Å². The second kappa shape index (κ2) is 4.49. The maximum Gasteiger partial charge on any atom is 0.154 e. The van der Waals surface area contributed by atoms with E-state index in [1.54, 1.807) is 0 Å². The Bertz CT molecular complexity index is 572. The minimum Gasteiger partial charge on any atom is -0.350 e. The molecule has 0 aliphatic carbocycles. The molecular weight excluding hydrogens is 238 g/mol. The van der Waals surface area contributed by atoms with E-state index in [2.05, 4.69) is 26.4 Å². The van der Waals surface area contributed by atoms with Crippen LogP contribution in [0.15, 0.2) is 24.7 Å². The van der Waals surface area contributed by atoms with Crippen LogP contribution in [0.2, 0.25) is 0 Å². The Labute approximate surface area is 112 Å². The van der Waals surface area contributed by atoms with Gasteiger partial charge in [-0.1, -0.05) is 0 Å². The first-order valence-corrected chi connectivity index (χ1v) is 7.22. The SMILES string of the molecule is c1cn2nccc2c(N2CCCC2C2CCCN2)n1. The highest BCUT2D eigenvalue weighted by Crippen LogP contribution is 2.30. The molecule has 2 saturated heterocycles. The first kappa shape index (κ1) is 11.2. The Morgan fingerprint density at radius 1 is 1.21 bits per heavy atom. The summed E-state index contributed by atoms with van der Waals surface area (Å²) in [5.74, 6) is 1.09. The minimum absolute atomic E-state index is 0.594. The second-order valence-electron chi connectivity index (χ2n) is 5.52. The molecular formula is C14H19N5. The van der Waals surface area contributed by atoms with Crippen molar-refractivity contribution in [3.8, 4) is 0 Å². The molecule has 2 aliphatic heterocycles. The minimum atomic E-state index is 0.594. The predicted octanol–water partition coefficient (Wildman–Crippen LogP) is 1.45. The van der Waals surface area contributed by atoms with Crippen molar-refractivity contribution in [3.05, 3.63) is 24.7 Å². The zero-order chi connectivity index (χ0) is 12.7. The van der Waals surface area contributed by atoms with Gasteiger partial charge in [0.05, 0.1) is 6.20 Å². The predicted molar refractivity (Wildman–Crippen MR) is 74.4 cm³/mol. The molecule has 0 spiro atoms. The van der Waals surface area contributed by atoms with Gasteiger partial charge in [-0.3, -0.25) is 0 Å². The third-order valence-electron chi connectivity index (χ3n) is 4.44. The van der Waals surface area contributed by atoms with E-state index in [1.807, 2.05) is 23.1 Å². The second-order valence-corrected chi connectivity index (χ2v) is 5.52. The summed E-state index contributed by atoms with van der Waals surface area (Å²) >= 11 is 0. The molecule has 0 amide bonds. The smallest absolute Gasteiger partial charge is 0.154 e. The topological polar surface area (TPSA) is 45.5 Å². The van der Waals surface area contributed by atoms with Crippen LogP contribution in [0.4, 0.5) is 5.82 Å². The van der Waals surface area contributed by atoms with Gasteiger partial charge in [-0.15, -0.1) is 0 Å². The molecule has 0 bridgehead atoms. The van der Waals surface area contributed by atoms with Crippen molar-refractivity contribution < 1.29 is 0 Å². The molecule has 2 unspecified atom stereocenters. The van der Waals surface area contributed by atoms with Crippen molar-refractivity contribution in [1.82, 2.24) is 19.9 Å². The summed E-state index contributed by atoms with van der Waals surface area (Å²) in [6, 6.07) is 3.28.